The third-order valence-electron chi connectivity index (χ3n) is 5.92. The predicted molar refractivity (Wildman–Crippen MR) is 105 cm³/mol. The average molecular weight is 465 g/mol. The number of amides is 2. The van der Waals surface area contributed by atoms with Gasteiger partial charge >= 0.3 is 12.4 Å². The second kappa shape index (κ2) is 9.68. The fourth-order valence-electron chi connectivity index (χ4n) is 4.22. The van der Waals surface area contributed by atoms with Crippen molar-refractivity contribution in [3.63, 3.8) is 0 Å². The lowest BCUT2D eigenvalue weighted by Crippen LogP contribution is -2.46. The Balaban J connectivity index is 1.53. The van der Waals surface area contributed by atoms with Crippen molar-refractivity contribution >= 4 is 17.5 Å². The van der Waals surface area contributed by atoms with E-state index in [1.807, 2.05) is 0 Å². The third kappa shape index (κ3) is 6.60. The molecule has 32 heavy (non-hydrogen) atoms. The Labute approximate surface area is 181 Å². The first-order valence-corrected chi connectivity index (χ1v) is 10.5. The van der Waals surface area contributed by atoms with Crippen LogP contribution in [0.2, 0.25) is 0 Å². The van der Waals surface area contributed by atoms with Crippen molar-refractivity contribution in [2.75, 3.05) is 11.9 Å². The summed E-state index contributed by atoms with van der Waals surface area (Å²) in [6.45, 7) is 0.816. The van der Waals surface area contributed by atoms with Gasteiger partial charge in [-0.05, 0) is 69.2 Å². The first-order valence-electron chi connectivity index (χ1n) is 10.5. The molecule has 1 aromatic carbocycles. The molecule has 1 aliphatic heterocycles. The van der Waals surface area contributed by atoms with Gasteiger partial charge in [0, 0.05) is 18.2 Å². The summed E-state index contributed by atoms with van der Waals surface area (Å²) in [5.74, 6) is -0.727. The first-order chi connectivity index (χ1) is 14.9. The van der Waals surface area contributed by atoms with Gasteiger partial charge in [0.15, 0.2) is 0 Å². The number of anilines is 1. The maximum atomic E-state index is 13.0. The summed E-state index contributed by atoms with van der Waals surface area (Å²) in [6.07, 6.45) is -5.61. The molecule has 1 atom stereocenters. The lowest BCUT2D eigenvalue weighted by atomic mass is 9.84. The van der Waals surface area contributed by atoms with Gasteiger partial charge in [-0.25, -0.2) is 0 Å². The molecular formula is C21H25F6N3O2. The van der Waals surface area contributed by atoms with Gasteiger partial charge in [-0.2, -0.15) is 26.3 Å². The van der Waals surface area contributed by atoms with E-state index >= 15 is 0 Å². The van der Waals surface area contributed by atoms with Crippen LogP contribution in [-0.4, -0.2) is 30.4 Å². The lowest BCUT2D eigenvalue weighted by Gasteiger charge is -2.29. The Bertz CT molecular complexity index is 794. The zero-order valence-corrected chi connectivity index (χ0v) is 17.2. The molecule has 2 fully saturated rings. The predicted octanol–water partition coefficient (Wildman–Crippen LogP) is 4.48. The SMILES string of the molecule is O=C(CC1CCC(NC(=O)C2CCCN2)CC1)Nc1cc(C(F)(F)F)cc(C(F)(F)F)c1. The van der Waals surface area contributed by atoms with Crippen LogP contribution < -0.4 is 16.0 Å². The highest BCUT2D eigenvalue weighted by Crippen LogP contribution is 2.37. The standard InChI is InChI=1S/C21H25F6N3O2/c22-20(23,24)13-9-14(21(25,26)27)11-16(10-13)29-18(31)8-12-3-5-15(6-4-12)30-19(32)17-2-1-7-28-17/h9-12,15,17,28H,1-8H2,(H,29,31)(H,30,32). The van der Waals surface area contributed by atoms with Crippen LogP contribution in [0.15, 0.2) is 18.2 Å². The number of carbonyl (C=O) groups excluding carboxylic acids is 2. The highest BCUT2D eigenvalue weighted by atomic mass is 19.4. The Hall–Kier alpha value is -2.30. The van der Waals surface area contributed by atoms with Gasteiger partial charge in [-0.1, -0.05) is 0 Å². The number of carbonyl (C=O) groups is 2. The minimum Gasteiger partial charge on any atom is -0.352 e. The van der Waals surface area contributed by atoms with Crippen molar-refractivity contribution in [1.29, 1.82) is 0 Å². The van der Waals surface area contributed by atoms with Crippen LogP contribution >= 0.6 is 0 Å². The molecule has 0 spiro atoms. The molecule has 0 bridgehead atoms. The van der Waals surface area contributed by atoms with Crippen LogP contribution in [0.3, 0.4) is 0 Å². The number of benzene rings is 1. The second-order valence-electron chi connectivity index (χ2n) is 8.42. The molecule has 178 valence electrons. The topological polar surface area (TPSA) is 70.2 Å². The third-order valence-corrected chi connectivity index (χ3v) is 5.92. The molecular weight excluding hydrogens is 440 g/mol. The molecule has 1 aliphatic carbocycles. The summed E-state index contributed by atoms with van der Waals surface area (Å²) >= 11 is 0. The fourth-order valence-corrected chi connectivity index (χ4v) is 4.22. The monoisotopic (exact) mass is 465 g/mol. The van der Waals surface area contributed by atoms with Crippen LogP contribution in [0.25, 0.3) is 0 Å². The van der Waals surface area contributed by atoms with Crippen molar-refractivity contribution < 1.29 is 35.9 Å². The molecule has 0 radical (unpaired) electrons. The zero-order chi connectivity index (χ0) is 23.5. The van der Waals surface area contributed by atoms with Crippen LogP contribution in [-0.2, 0) is 21.9 Å². The normalized spacial score (nSPS) is 24.2. The Kier molecular flexibility index (Phi) is 7.36. The summed E-state index contributed by atoms with van der Waals surface area (Å²) in [5, 5.41) is 8.30. The summed E-state index contributed by atoms with van der Waals surface area (Å²) in [6, 6.07) is 0.842. The molecule has 2 aliphatic rings. The molecule has 2 amide bonds. The van der Waals surface area contributed by atoms with E-state index in [0.29, 0.717) is 37.8 Å². The number of rotatable bonds is 5. The number of alkyl halides is 6. The summed E-state index contributed by atoms with van der Waals surface area (Å²) in [5.41, 5.74) is -3.49. The number of nitrogens with one attached hydrogen (secondary N) is 3. The largest absolute Gasteiger partial charge is 0.416 e. The Morgan fingerprint density at radius 3 is 2.00 bits per heavy atom. The molecule has 1 aromatic rings. The summed E-state index contributed by atoms with van der Waals surface area (Å²) in [4.78, 5) is 24.5. The fraction of sp³-hybridized carbons (Fsp3) is 0.619. The van der Waals surface area contributed by atoms with E-state index in [2.05, 4.69) is 16.0 Å². The van der Waals surface area contributed by atoms with Crippen LogP contribution in [0.1, 0.15) is 56.1 Å². The van der Waals surface area contributed by atoms with Crippen LogP contribution in [0, 0.1) is 5.92 Å². The van der Waals surface area contributed by atoms with Crippen LogP contribution in [0.5, 0.6) is 0 Å². The minimum absolute atomic E-state index is 0.00187. The van der Waals surface area contributed by atoms with Crippen molar-refractivity contribution in [2.45, 2.75) is 69.4 Å². The molecule has 1 heterocycles. The van der Waals surface area contributed by atoms with Crippen molar-refractivity contribution in [3.05, 3.63) is 29.3 Å². The summed E-state index contributed by atoms with van der Waals surface area (Å²) in [7, 11) is 0. The lowest BCUT2D eigenvalue weighted by molar-refractivity contribution is -0.143. The number of hydrogen-bond donors (Lipinski definition) is 3. The number of halogens is 6. The highest BCUT2D eigenvalue weighted by Gasteiger charge is 2.37. The van der Waals surface area contributed by atoms with E-state index in [9.17, 15) is 35.9 Å². The molecule has 11 heteroatoms. The summed E-state index contributed by atoms with van der Waals surface area (Å²) < 4.78 is 77.7. The number of hydrogen-bond acceptors (Lipinski definition) is 3. The Morgan fingerprint density at radius 2 is 1.50 bits per heavy atom. The Morgan fingerprint density at radius 1 is 0.906 bits per heavy atom. The van der Waals surface area contributed by atoms with Crippen LogP contribution in [0.4, 0.5) is 32.0 Å². The second-order valence-corrected chi connectivity index (χ2v) is 8.42. The van der Waals surface area contributed by atoms with Crippen molar-refractivity contribution in [1.82, 2.24) is 10.6 Å². The van der Waals surface area contributed by atoms with E-state index in [1.54, 1.807) is 0 Å². The van der Waals surface area contributed by atoms with E-state index in [1.165, 1.54) is 0 Å². The van der Waals surface area contributed by atoms with Gasteiger partial charge in [0.05, 0.1) is 17.2 Å². The van der Waals surface area contributed by atoms with E-state index < -0.39 is 35.1 Å². The van der Waals surface area contributed by atoms with Gasteiger partial charge < -0.3 is 16.0 Å². The van der Waals surface area contributed by atoms with E-state index in [-0.39, 0.29) is 36.4 Å². The van der Waals surface area contributed by atoms with E-state index in [0.717, 1.165) is 19.4 Å². The van der Waals surface area contributed by atoms with Crippen molar-refractivity contribution in [2.24, 2.45) is 5.92 Å². The molecule has 3 rings (SSSR count). The first kappa shape index (κ1) is 24.3. The van der Waals surface area contributed by atoms with Gasteiger partial charge in [0.2, 0.25) is 11.8 Å². The highest BCUT2D eigenvalue weighted by molar-refractivity contribution is 5.91. The quantitative estimate of drug-likeness (QED) is 0.562. The van der Waals surface area contributed by atoms with Gasteiger partial charge in [0.25, 0.3) is 0 Å². The molecule has 1 saturated carbocycles. The van der Waals surface area contributed by atoms with Gasteiger partial charge in [0.1, 0.15) is 0 Å². The van der Waals surface area contributed by atoms with E-state index in [4.69, 9.17) is 0 Å². The molecule has 5 nitrogen and oxygen atoms in total. The zero-order valence-electron chi connectivity index (χ0n) is 17.2. The maximum absolute atomic E-state index is 13.0. The smallest absolute Gasteiger partial charge is 0.352 e. The van der Waals surface area contributed by atoms with Crippen molar-refractivity contribution in [3.8, 4) is 0 Å². The molecule has 1 unspecified atom stereocenters. The maximum Gasteiger partial charge on any atom is 0.416 e. The average Bonchev–Trinajstić information content (AvgIpc) is 3.23. The molecule has 1 saturated heterocycles. The molecule has 0 aromatic heterocycles. The van der Waals surface area contributed by atoms with Gasteiger partial charge in [-0.15, -0.1) is 0 Å². The van der Waals surface area contributed by atoms with Gasteiger partial charge in [-0.3, -0.25) is 9.59 Å². The minimum atomic E-state index is -4.97. The molecule has 3 N–H and O–H groups in total.